The van der Waals surface area contributed by atoms with Gasteiger partial charge in [-0.25, -0.2) is 0 Å². The molecule has 1 aliphatic rings. The van der Waals surface area contributed by atoms with Crippen LogP contribution in [0.1, 0.15) is 0 Å². The Hall–Kier alpha value is -0.610. The van der Waals surface area contributed by atoms with E-state index in [9.17, 15) is 4.79 Å². The molecule has 1 saturated heterocycles. The molecule has 4 heteroatoms. The number of carbonyl (C=O) groups excluding carboxylic acids is 1. The van der Waals surface area contributed by atoms with Gasteiger partial charge in [-0.3, -0.25) is 4.79 Å². The van der Waals surface area contributed by atoms with Crippen LogP contribution in [0.25, 0.3) is 0 Å². The van der Waals surface area contributed by atoms with Crippen molar-refractivity contribution in [2.75, 3.05) is 6.54 Å². The van der Waals surface area contributed by atoms with Crippen LogP contribution in [-0.4, -0.2) is 34.9 Å². The average Bonchev–Trinajstić information content (AvgIpc) is 1.98. The number of rotatable bonds is 0. The van der Waals surface area contributed by atoms with Crippen LogP contribution < -0.4 is 5.32 Å². The summed E-state index contributed by atoms with van der Waals surface area (Å²) in [6, 6.07) is 0. The molecule has 0 spiro atoms. The highest BCUT2D eigenvalue weighted by Crippen LogP contribution is 1.98. The first-order valence-electron chi connectivity index (χ1n) is 2.35. The number of aliphatic hydroxyl groups is 2. The molecule has 0 saturated carbocycles. The number of amides is 1. The minimum Gasteiger partial charge on any atom is -0.388 e. The lowest BCUT2D eigenvalue weighted by Gasteiger charge is -1.99. The Kier molecular flexibility index (Phi) is 1.19. The van der Waals surface area contributed by atoms with Crippen molar-refractivity contribution in [2.45, 2.75) is 12.2 Å². The van der Waals surface area contributed by atoms with Gasteiger partial charge in [0.15, 0.2) is 6.10 Å². The molecule has 0 aromatic carbocycles. The molecule has 1 amide bonds. The lowest BCUT2D eigenvalue weighted by Crippen LogP contribution is -2.26. The highest BCUT2D eigenvalue weighted by Gasteiger charge is 2.30. The summed E-state index contributed by atoms with van der Waals surface area (Å²) in [4.78, 5) is 10.3. The van der Waals surface area contributed by atoms with Gasteiger partial charge in [0.1, 0.15) is 6.10 Å². The number of nitrogens with one attached hydrogen (secondary N) is 1. The van der Waals surface area contributed by atoms with Crippen molar-refractivity contribution >= 4 is 5.91 Å². The van der Waals surface area contributed by atoms with Crippen LogP contribution in [0.2, 0.25) is 0 Å². The predicted molar refractivity (Wildman–Crippen MR) is 25.0 cm³/mol. The van der Waals surface area contributed by atoms with Gasteiger partial charge >= 0.3 is 0 Å². The summed E-state index contributed by atoms with van der Waals surface area (Å²) >= 11 is 0. The standard InChI is InChI=1S/C4H7NO3/c6-2-1-5-4(8)3(2)7/h2-3,6-7H,1H2,(H,5,8)/t2-,3-/m1/s1. The summed E-state index contributed by atoms with van der Waals surface area (Å²) < 4.78 is 0. The van der Waals surface area contributed by atoms with Crippen LogP contribution in [0.15, 0.2) is 0 Å². The first-order chi connectivity index (χ1) is 3.72. The van der Waals surface area contributed by atoms with Gasteiger partial charge in [0.25, 0.3) is 5.91 Å². The predicted octanol–water partition coefficient (Wildman–Crippen LogP) is -2.16. The van der Waals surface area contributed by atoms with E-state index in [1.54, 1.807) is 0 Å². The number of aliphatic hydroxyl groups excluding tert-OH is 2. The lowest BCUT2D eigenvalue weighted by atomic mass is 10.3. The summed E-state index contributed by atoms with van der Waals surface area (Å²) in [5.74, 6) is -0.488. The fourth-order valence-electron chi connectivity index (χ4n) is 0.596. The molecule has 0 radical (unpaired) electrons. The summed E-state index contributed by atoms with van der Waals surface area (Å²) in [6.07, 6.45) is -2.13. The zero-order chi connectivity index (χ0) is 6.15. The van der Waals surface area contributed by atoms with Gasteiger partial charge in [-0.1, -0.05) is 0 Å². The molecule has 1 fully saturated rings. The Morgan fingerprint density at radius 1 is 1.62 bits per heavy atom. The van der Waals surface area contributed by atoms with E-state index in [0.717, 1.165) is 0 Å². The van der Waals surface area contributed by atoms with E-state index < -0.39 is 18.1 Å². The molecule has 0 aliphatic carbocycles. The summed E-state index contributed by atoms with van der Waals surface area (Å²) in [6.45, 7) is 0.167. The Balaban J connectivity index is 2.56. The Labute approximate surface area is 46.1 Å². The third kappa shape index (κ3) is 0.677. The first kappa shape index (κ1) is 5.53. The normalized spacial score (nSPS) is 37.5. The van der Waals surface area contributed by atoms with Gasteiger partial charge in [-0.05, 0) is 0 Å². The van der Waals surface area contributed by atoms with Crippen LogP contribution in [0, 0.1) is 0 Å². The van der Waals surface area contributed by atoms with Gasteiger partial charge < -0.3 is 15.5 Å². The fourth-order valence-corrected chi connectivity index (χ4v) is 0.596. The second-order valence-corrected chi connectivity index (χ2v) is 1.76. The van der Waals surface area contributed by atoms with Crippen LogP contribution in [0.5, 0.6) is 0 Å². The third-order valence-corrected chi connectivity index (χ3v) is 1.12. The molecule has 8 heavy (non-hydrogen) atoms. The van der Waals surface area contributed by atoms with Crippen LogP contribution in [0.4, 0.5) is 0 Å². The quantitative estimate of drug-likeness (QED) is 0.338. The minimum atomic E-state index is -1.21. The van der Waals surface area contributed by atoms with E-state index in [1.807, 2.05) is 0 Å². The molecular weight excluding hydrogens is 110 g/mol. The van der Waals surface area contributed by atoms with Crippen LogP contribution in [0.3, 0.4) is 0 Å². The van der Waals surface area contributed by atoms with Crippen molar-refractivity contribution in [1.29, 1.82) is 0 Å². The van der Waals surface area contributed by atoms with E-state index in [4.69, 9.17) is 10.2 Å². The van der Waals surface area contributed by atoms with E-state index in [0.29, 0.717) is 0 Å². The molecule has 0 bridgehead atoms. The van der Waals surface area contributed by atoms with E-state index in [-0.39, 0.29) is 6.54 Å². The topological polar surface area (TPSA) is 69.6 Å². The zero-order valence-electron chi connectivity index (χ0n) is 4.16. The Morgan fingerprint density at radius 2 is 2.25 bits per heavy atom. The highest BCUT2D eigenvalue weighted by atomic mass is 16.3. The van der Waals surface area contributed by atoms with E-state index >= 15 is 0 Å². The minimum absolute atomic E-state index is 0.167. The van der Waals surface area contributed by atoms with Crippen LogP contribution >= 0.6 is 0 Å². The molecule has 0 aromatic rings. The van der Waals surface area contributed by atoms with E-state index in [1.165, 1.54) is 0 Å². The molecule has 4 nitrogen and oxygen atoms in total. The molecule has 1 aliphatic heterocycles. The number of hydrogen-bond donors (Lipinski definition) is 3. The van der Waals surface area contributed by atoms with Crippen molar-refractivity contribution in [3.63, 3.8) is 0 Å². The van der Waals surface area contributed by atoms with Crippen molar-refractivity contribution in [3.05, 3.63) is 0 Å². The molecule has 3 N–H and O–H groups in total. The SMILES string of the molecule is O=C1NC[C@@H](O)[C@H]1O. The second-order valence-electron chi connectivity index (χ2n) is 1.76. The number of carbonyl (C=O) groups is 1. The van der Waals surface area contributed by atoms with Crippen molar-refractivity contribution in [1.82, 2.24) is 5.32 Å². The molecule has 1 heterocycles. The molecule has 2 atom stereocenters. The highest BCUT2D eigenvalue weighted by molar-refractivity contribution is 5.83. The molecule has 1 rings (SSSR count). The largest absolute Gasteiger partial charge is 0.388 e. The van der Waals surface area contributed by atoms with Gasteiger partial charge in [-0.15, -0.1) is 0 Å². The van der Waals surface area contributed by atoms with Crippen LogP contribution in [-0.2, 0) is 4.79 Å². The zero-order valence-corrected chi connectivity index (χ0v) is 4.16. The molecule has 0 aromatic heterocycles. The molecule has 0 unspecified atom stereocenters. The number of hydrogen-bond acceptors (Lipinski definition) is 3. The van der Waals surface area contributed by atoms with Gasteiger partial charge in [0.05, 0.1) is 0 Å². The molecule has 46 valence electrons. The number of β-amino-alcohol motifs (C(OH)–C–C–N with tert-alkyl or cyclic N) is 1. The Bertz CT molecular complexity index is 114. The monoisotopic (exact) mass is 117 g/mol. The smallest absolute Gasteiger partial charge is 0.251 e. The third-order valence-electron chi connectivity index (χ3n) is 1.12. The molecular formula is C4H7NO3. The maximum absolute atomic E-state index is 10.3. The van der Waals surface area contributed by atoms with Gasteiger partial charge in [-0.2, -0.15) is 0 Å². The van der Waals surface area contributed by atoms with Crippen molar-refractivity contribution < 1.29 is 15.0 Å². The average molecular weight is 117 g/mol. The van der Waals surface area contributed by atoms with Crippen molar-refractivity contribution in [2.24, 2.45) is 0 Å². The maximum atomic E-state index is 10.3. The van der Waals surface area contributed by atoms with Gasteiger partial charge in [0, 0.05) is 6.54 Å². The Morgan fingerprint density at radius 3 is 2.38 bits per heavy atom. The van der Waals surface area contributed by atoms with E-state index in [2.05, 4.69) is 5.32 Å². The summed E-state index contributed by atoms with van der Waals surface area (Å²) in [5.41, 5.74) is 0. The second kappa shape index (κ2) is 1.72. The van der Waals surface area contributed by atoms with Gasteiger partial charge in [0.2, 0.25) is 0 Å². The lowest BCUT2D eigenvalue weighted by molar-refractivity contribution is -0.128. The summed E-state index contributed by atoms with van der Waals surface area (Å²) in [7, 11) is 0. The first-order valence-corrected chi connectivity index (χ1v) is 2.35. The summed E-state index contributed by atoms with van der Waals surface area (Å²) in [5, 5.41) is 19.5. The maximum Gasteiger partial charge on any atom is 0.251 e. The van der Waals surface area contributed by atoms with Crippen molar-refractivity contribution in [3.8, 4) is 0 Å². The fraction of sp³-hybridized carbons (Fsp3) is 0.750.